The SMILES string of the molecule is C=CCNF.I. The van der Waals surface area contributed by atoms with E-state index in [9.17, 15) is 4.48 Å². The Kier molecular flexibility index (Phi) is 14.5. The van der Waals surface area contributed by atoms with Gasteiger partial charge in [-0.05, 0) is 0 Å². The molecular weight excluding hydrogens is 196 g/mol. The zero-order valence-electron chi connectivity index (χ0n) is 3.28. The predicted octanol–water partition coefficient (Wildman–Crippen LogP) is 1.26. The lowest BCUT2D eigenvalue weighted by Gasteiger charge is -1.74. The molecule has 0 aromatic rings. The molecule has 0 amide bonds. The molecule has 0 fully saturated rings. The van der Waals surface area contributed by atoms with Crippen molar-refractivity contribution in [2.75, 3.05) is 6.54 Å². The quantitative estimate of drug-likeness (QED) is 0.404. The summed E-state index contributed by atoms with van der Waals surface area (Å²) in [5.41, 5.74) is 1.40. The number of hydrogen-bond donors (Lipinski definition) is 1. The summed E-state index contributed by atoms with van der Waals surface area (Å²) < 4.78 is 10.7. The van der Waals surface area contributed by atoms with Crippen LogP contribution in [0.3, 0.4) is 0 Å². The molecule has 0 aliphatic heterocycles. The molecule has 0 saturated heterocycles. The van der Waals surface area contributed by atoms with Crippen LogP contribution in [0.1, 0.15) is 0 Å². The molecule has 0 rings (SSSR count). The van der Waals surface area contributed by atoms with Crippen molar-refractivity contribution in [2.24, 2.45) is 0 Å². The molecule has 0 radical (unpaired) electrons. The molecule has 0 atom stereocenters. The van der Waals surface area contributed by atoms with E-state index in [0.29, 0.717) is 0 Å². The molecule has 1 N–H and O–H groups in total. The fraction of sp³-hybridized carbons (Fsp3) is 0.333. The first-order valence-electron chi connectivity index (χ1n) is 1.36. The highest BCUT2D eigenvalue weighted by molar-refractivity contribution is 14.0. The summed E-state index contributed by atoms with van der Waals surface area (Å²) in [7, 11) is 0. The third-order valence-electron chi connectivity index (χ3n) is 0.221. The van der Waals surface area contributed by atoms with Crippen molar-refractivity contribution in [3.63, 3.8) is 0 Å². The highest BCUT2D eigenvalue weighted by atomic mass is 127. The number of rotatable bonds is 2. The van der Waals surface area contributed by atoms with Crippen molar-refractivity contribution in [3.05, 3.63) is 12.7 Å². The van der Waals surface area contributed by atoms with E-state index in [2.05, 4.69) is 6.58 Å². The summed E-state index contributed by atoms with van der Waals surface area (Å²) in [5, 5.41) is 0. The Bertz CT molecular complexity index is 32.0. The molecule has 0 unspecified atom stereocenters. The molecule has 3 heteroatoms. The lowest BCUT2D eigenvalue weighted by molar-refractivity contribution is 0.357. The van der Waals surface area contributed by atoms with E-state index in [1.165, 1.54) is 11.6 Å². The second kappa shape index (κ2) is 9.03. The Balaban J connectivity index is 0. The highest BCUT2D eigenvalue weighted by Crippen LogP contribution is 1.53. The topological polar surface area (TPSA) is 12.0 Å². The molecule has 0 aliphatic carbocycles. The molecule has 0 saturated carbocycles. The van der Waals surface area contributed by atoms with Gasteiger partial charge in [-0.2, -0.15) is 5.54 Å². The van der Waals surface area contributed by atoms with Crippen molar-refractivity contribution in [1.82, 2.24) is 5.54 Å². The Morgan fingerprint density at radius 2 is 2.33 bits per heavy atom. The van der Waals surface area contributed by atoms with Crippen LogP contribution in [-0.2, 0) is 0 Å². The molecule has 0 heterocycles. The maximum Gasteiger partial charge on any atom is 0.0437 e. The van der Waals surface area contributed by atoms with Gasteiger partial charge in [0.15, 0.2) is 0 Å². The van der Waals surface area contributed by atoms with Crippen molar-refractivity contribution in [3.8, 4) is 0 Å². The van der Waals surface area contributed by atoms with Gasteiger partial charge in [-0.3, -0.25) is 0 Å². The van der Waals surface area contributed by atoms with Crippen LogP contribution in [0.5, 0.6) is 0 Å². The number of halogens is 2. The van der Waals surface area contributed by atoms with Crippen LogP contribution in [0.15, 0.2) is 12.7 Å². The first-order chi connectivity index (χ1) is 2.41. The van der Waals surface area contributed by atoms with E-state index in [0.717, 1.165) is 0 Å². The Morgan fingerprint density at radius 1 is 1.83 bits per heavy atom. The van der Waals surface area contributed by atoms with Gasteiger partial charge in [0.05, 0.1) is 0 Å². The van der Waals surface area contributed by atoms with Gasteiger partial charge in [0.2, 0.25) is 0 Å². The van der Waals surface area contributed by atoms with E-state index >= 15 is 0 Å². The minimum absolute atomic E-state index is 0. The maximum absolute atomic E-state index is 10.7. The van der Waals surface area contributed by atoms with Gasteiger partial charge in [0.1, 0.15) is 0 Å². The van der Waals surface area contributed by atoms with Crippen LogP contribution in [-0.4, -0.2) is 6.54 Å². The Labute approximate surface area is 53.6 Å². The molecule has 6 heavy (non-hydrogen) atoms. The Morgan fingerprint density at radius 3 is 2.33 bits per heavy atom. The smallest absolute Gasteiger partial charge is 0.0437 e. The van der Waals surface area contributed by atoms with Crippen molar-refractivity contribution in [1.29, 1.82) is 0 Å². The molecule has 0 spiro atoms. The summed E-state index contributed by atoms with van der Waals surface area (Å²) in [5.74, 6) is 0. The van der Waals surface area contributed by atoms with Crippen molar-refractivity contribution >= 4 is 24.0 Å². The van der Waals surface area contributed by atoms with Gasteiger partial charge in [0, 0.05) is 6.54 Å². The van der Waals surface area contributed by atoms with Gasteiger partial charge in [0.25, 0.3) is 0 Å². The Hall–Kier alpha value is 0.360. The van der Waals surface area contributed by atoms with Gasteiger partial charge in [-0.15, -0.1) is 35.0 Å². The van der Waals surface area contributed by atoms with Crippen LogP contribution in [0, 0.1) is 0 Å². The van der Waals surface area contributed by atoms with Crippen LogP contribution in [0.25, 0.3) is 0 Å². The van der Waals surface area contributed by atoms with Gasteiger partial charge < -0.3 is 0 Å². The molecule has 1 nitrogen and oxygen atoms in total. The van der Waals surface area contributed by atoms with E-state index in [1.54, 1.807) is 0 Å². The molecule has 0 bridgehead atoms. The minimum Gasteiger partial charge on any atom is -0.156 e. The third kappa shape index (κ3) is 8.84. The average Bonchev–Trinajstić information content (AvgIpc) is 1.41. The minimum atomic E-state index is 0. The van der Waals surface area contributed by atoms with E-state index in [1.807, 2.05) is 0 Å². The monoisotopic (exact) mass is 203 g/mol. The highest BCUT2D eigenvalue weighted by Gasteiger charge is 1.61. The van der Waals surface area contributed by atoms with E-state index in [-0.39, 0.29) is 30.5 Å². The molecule has 0 aromatic carbocycles. The summed E-state index contributed by atoms with van der Waals surface area (Å²) >= 11 is 0. The molecular formula is C3H7FIN. The molecule has 38 valence electrons. The number of hydrogen-bond acceptors (Lipinski definition) is 1. The second-order valence-corrected chi connectivity index (χ2v) is 0.626. The third-order valence-corrected chi connectivity index (χ3v) is 0.221. The molecule has 0 aromatic heterocycles. The lowest BCUT2D eigenvalue weighted by atomic mass is 10.7. The largest absolute Gasteiger partial charge is 0.156 e. The predicted molar refractivity (Wildman–Crippen MR) is 34.7 cm³/mol. The van der Waals surface area contributed by atoms with E-state index in [4.69, 9.17) is 0 Å². The fourth-order valence-electron chi connectivity index (χ4n) is 0.0546. The van der Waals surface area contributed by atoms with Crippen molar-refractivity contribution in [2.45, 2.75) is 0 Å². The van der Waals surface area contributed by atoms with Crippen molar-refractivity contribution < 1.29 is 4.48 Å². The van der Waals surface area contributed by atoms with Crippen LogP contribution < -0.4 is 5.54 Å². The van der Waals surface area contributed by atoms with Gasteiger partial charge >= 0.3 is 0 Å². The zero-order chi connectivity index (χ0) is 4.12. The normalized spacial score (nSPS) is 6.17. The summed E-state index contributed by atoms with van der Waals surface area (Å²) in [6.45, 7) is 3.48. The van der Waals surface area contributed by atoms with Gasteiger partial charge in [-0.25, -0.2) is 0 Å². The van der Waals surface area contributed by atoms with Gasteiger partial charge in [-0.1, -0.05) is 6.08 Å². The first-order valence-corrected chi connectivity index (χ1v) is 1.36. The first kappa shape index (κ1) is 9.61. The van der Waals surface area contributed by atoms with E-state index < -0.39 is 0 Å². The summed E-state index contributed by atoms with van der Waals surface area (Å²) in [6.07, 6.45) is 1.44. The van der Waals surface area contributed by atoms with Crippen LogP contribution >= 0.6 is 24.0 Å². The summed E-state index contributed by atoms with van der Waals surface area (Å²) in [4.78, 5) is 0. The number of nitrogens with one attached hydrogen (secondary N) is 1. The maximum atomic E-state index is 10.7. The zero-order valence-corrected chi connectivity index (χ0v) is 5.61. The van der Waals surface area contributed by atoms with Crippen LogP contribution in [0.4, 0.5) is 4.48 Å². The fourth-order valence-corrected chi connectivity index (χ4v) is 0.0546. The summed E-state index contributed by atoms with van der Waals surface area (Å²) in [6, 6.07) is 0. The second-order valence-electron chi connectivity index (χ2n) is 0.626. The standard InChI is InChI=1S/C3H6FN.HI/c1-2-3-5-4;/h2,5H,1,3H2;1H. The average molecular weight is 203 g/mol. The molecule has 0 aliphatic rings. The van der Waals surface area contributed by atoms with Crippen LogP contribution in [0.2, 0.25) is 0 Å². The lowest BCUT2D eigenvalue weighted by Crippen LogP contribution is -1.95.